The van der Waals surface area contributed by atoms with Crippen LogP contribution in [0.5, 0.6) is 5.75 Å². The molecule has 0 aliphatic rings. The number of carbonyl (C=O) groups is 2. The SMILES string of the molecule is CCc1ccc(N(CCCC(=O)N(Cc2ccc(OC)cc2)C(C)C(=O)NC)S(C)(=O)=O)cc1. The van der Waals surface area contributed by atoms with Crippen molar-refractivity contribution in [2.75, 3.05) is 31.3 Å². The van der Waals surface area contributed by atoms with E-state index < -0.39 is 16.1 Å². The number of sulfonamides is 1. The summed E-state index contributed by atoms with van der Waals surface area (Å²) < 4.78 is 31.3. The minimum absolute atomic E-state index is 0.108. The standard InChI is InChI=1S/C25H35N3O5S/c1-6-20-9-13-22(14-10-20)28(34(5,31)32)17-7-8-24(29)27(19(2)25(30)26-3)18-21-11-15-23(33-4)16-12-21/h9-16,19H,6-8,17-18H2,1-5H3,(H,26,30). The average molecular weight is 490 g/mol. The molecule has 2 aromatic carbocycles. The molecule has 2 aromatic rings. The van der Waals surface area contributed by atoms with Gasteiger partial charge in [-0.2, -0.15) is 0 Å². The van der Waals surface area contributed by atoms with E-state index in [-0.39, 0.29) is 31.3 Å². The van der Waals surface area contributed by atoms with Crippen LogP contribution >= 0.6 is 0 Å². The lowest BCUT2D eigenvalue weighted by atomic mass is 10.1. The van der Waals surface area contributed by atoms with E-state index in [1.54, 1.807) is 38.3 Å². The van der Waals surface area contributed by atoms with E-state index in [2.05, 4.69) is 5.32 Å². The molecule has 34 heavy (non-hydrogen) atoms. The molecular formula is C25H35N3O5S. The molecule has 1 atom stereocenters. The first kappa shape index (κ1) is 27.2. The number of hydrogen-bond acceptors (Lipinski definition) is 5. The van der Waals surface area contributed by atoms with Crippen LogP contribution in [0.2, 0.25) is 0 Å². The van der Waals surface area contributed by atoms with Gasteiger partial charge in [-0.05, 0) is 55.2 Å². The summed E-state index contributed by atoms with van der Waals surface area (Å²) in [6, 6.07) is 14.0. The summed E-state index contributed by atoms with van der Waals surface area (Å²) in [6.07, 6.45) is 2.45. The fraction of sp³-hybridized carbons (Fsp3) is 0.440. The summed E-state index contributed by atoms with van der Waals surface area (Å²) in [5.74, 6) is 0.214. The van der Waals surface area contributed by atoms with Gasteiger partial charge in [-0.3, -0.25) is 13.9 Å². The molecule has 0 fully saturated rings. The number of anilines is 1. The van der Waals surface area contributed by atoms with E-state index in [0.717, 1.165) is 23.8 Å². The van der Waals surface area contributed by atoms with Crippen LogP contribution in [-0.2, 0) is 32.6 Å². The zero-order valence-electron chi connectivity index (χ0n) is 20.6. The molecule has 1 unspecified atom stereocenters. The number of ether oxygens (including phenoxy) is 1. The highest BCUT2D eigenvalue weighted by molar-refractivity contribution is 7.92. The molecule has 8 nitrogen and oxygen atoms in total. The third-order valence-corrected chi connectivity index (χ3v) is 6.90. The average Bonchev–Trinajstić information content (AvgIpc) is 2.83. The molecule has 9 heteroatoms. The Hall–Kier alpha value is -3.07. The molecule has 2 amide bonds. The lowest BCUT2D eigenvalue weighted by Gasteiger charge is -2.29. The van der Waals surface area contributed by atoms with Crippen LogP contribution in [0.25, 0.3) is 0 Å². The van der Waals surface area contributed by atoms with Crippen molar-refractivity contribution in [1.29, 1.82) is 0 Å². The number of benzene rings is 2. The third kappa shape index (κ3) is 7.48. The number of likely N-dealkylation sites (N-methyl/N-ethyl adjacent to an activating group) is 1. The predicted molar refractivity (Wildman–Crippen MR) is 134 cm³/mol. The zero-order chi connectivity index (χ0) is 25.3. The first-order valence-electron chi connectivity index (χ1n) is 11.3. The van der Waals surface area contributed by atoms with Gasteiger partial charge >= 0.3 is 0 Å². The summed E-state index contributed by atoms with van der Waals surface area (Å²) >= 11 is 0. The quantitative estimate of drug-likeness (QED) is 0.495. The number of methoxy groups -OCH3 is 1. The maximum Gasteiger partial charge on any atom is 0.242 e. The second kappa shape index (κ2) is 12.4. The van der Waals surface area contributed by atoms with E-state index in [1.807, 2.05) is 31.2 Å². The zero-order valence-corrected chi connectivity index (χ0v) is 21.4. The third-order valence-electron chi connectivity index (χ3n) is 5.71. The molecule has 2 rings (SSSR count). The van der Waals surface area contributed by atoms with Crippen LogP contribution in [0.4, 0.5) is 5.69 Å². The molecule has 0 spiro atoms. The number of rotatable bonds is 12. The van der Waals surface area contributed by atoms with Gasteiger partial charge in [0.2, 0.25) is 21.8 Å². The second-order valence-corrected chi connectivity index (χ2v) is 10.0. The monoisotopic (exact) mass is 489 g/mol. The highest BCUT2D eigenvalue weighted by Crippen LogP contribution is 2.20. The van der Waals surface area contributed by atoms with Gasteiger partial charge in [-0.1, -0.05) is 31.2 Å². The lowest BCUT2D eigenvalue weighted by Crippen LogP contribution is -2.46. The van der Waals surface area contributed by atoms with Gasteiger partial charge in [0.15, 0.2) is 0 Å². The molecule has 186 valence electrons. The molecular weight excluding hydrogens is 454 g/mol. The van der Waals surface area contributed by atoms with Gasteiger partial charge in [-0.25, -0.2) is 8.42 Å². The minimum atomic E-state index is -3.51. The fourth-order valence-corrected chi connectivity index (χ4v) is 4.59. The molecule has 0 saturated carbocycles. The number of carbonyl (C=O) groups excluding carboxylic acids is 2. The number of hydrogen-bond donors (Lipinski definition) is 1. The van der Waals surface area contributed by atoms with E-state index >= 15 is 0 Å². The van der Waals surface area contributed by atoms with Crippen molar-refractivity contribution in [2.24, 2.45) is 0 Å². The topological polar surface area (TPSA) is 96.0 Å². The van der Waals surface area contributed by atoms with E-state index in [4.69, 9.17) is 4.74 Å². The van der Waals surface area contributed by atoms with Crippen molar-refractivity contribution in [3.05, 3.63) is 59.7 Å². The largest absolute Gasteiger partial charge is 0.497 e. The van der Waals surface area contributed by atoms with E-state index in [1.165, 1.54) is 16.3 Å². The Kier molecular flexibility index (Phi) is 9.92. The van der Waals surface area contributed by atoms with Crippen LogP contribution in [0, 0.1) is 0 Å². The molecule has 0 radical (unpaired) electrons. The van der Waals surface area contributed by atoms with Crippen molar-refractivity contribution in [3.63, 3.8) is 0 Å². The van der Waals surface area contributed by atoms with Gasteiger partial charge in [0.25, 0.3) is 0 Å². The molecule has 0 saturated heterocycles. The molecule has 0 aliphatic heterocycles. The smallest absolute Gasteiger partial charge is 0.242 e. The van der Waals surface area contributed by atoms with Gasteiger partial charge in [0, 0.05) is 26.6 Å². The van der Waals surface area contributed by atoms with Crippen LogP contribution in [0.3, 0.4) is 0 Å². The van der Waals surface area contributed by atoms with Crippen LogP contribution in [0.15, 0.2) is 48.5 Å². The Morgan fingerprint density at radius 1 is 1.03 bits per heavy atom. The van der Waals surface area contributed by atoms with Crippen LogP contribution in [-0.4, -0.2) is 58.1 Å². The molecule has 0 aliphatic carbocycles. The van der Waals surface area contributed by atoms with Crippen molar-refractivity contribution < 1.29 is 22.7 Å². The first-order valence-corrected chi connectivity index (χ1v) is 13.2. The number of nitrogens with one attached hydrogen (secondary N) is 1. The number of aryl methyl sites for hydroxylation is 1. The Balaban J connectivity index is 2.13. The second-order valence-electron chi connectivity index (χ2n) is 8.12. The highest BCUT2D eigenvalue weighted by atomic mass is 32.2. The Labute approximate surface area is 202 Å². The van der Waals surface area contributed by atoms with Gasteiger partial charge in [0.1, 0.15) is 11.8 Å². The summed E-state index contributed by atoms with van der Waals surface area (Å²) in [5, 5.41) is 2.59. The van der Waals surface area contributed by atoms with Crippen molar-refractivity contribution in [1.82, 2.24) is 10.2 Å². The van der Waals surface area contributed by atoms with Crippen LogP contribution < -0.4 is 14.4 Å². The van der Waals surface area contributed by atoms with Crippen molar-refractivity contribution in [2.45, 2.75) is 45.7 Å². The molecule has 0 aromatic heterocycles. The highest BCUT2D eigenvalue weighted by Gasteiger charge is 2.26. The van der Waals surface area contributed by atoms with Crippen molar-refractivity contribution >= 4 is 27.5 Å². The Morgan fingerprint density at radius 3 is 2.12 bits per heavy atom. The van der Waals surface area contributed by atoms with Crippen LogP contribution in [0.1, 0.15) is 37.8 Å². The van der Waals surface area contributed by atoms with Gasteiger partial charge in [0.05, 0.1) is 19.1 Å². The normalized spacial score (nSPS) is 12.0. The van der Waals surface area contributed by atoms with Crippen molar-refractivity contribution in [3.8, 4) is 5.75 Å². The predicted octanol–water partition coefficient (Wildman–Crippen LogP) is 2.97. The molecule has 0 heterocycles. The number of nitrogens with zero attached hydrogens (tertiary/aromatic N) is 2. The van der Waals surface area contributed by atoms with Gasteiger partial charge < -0.3 is 15.0 Å². The molecule has 0 bridgehead atoms. The van der Waals surface area contributed by atoms with E-state index in [9.17, 15) is 18.0 Å². The summed E-state index contributed by atoms with van der Waals surface area (Å²) in [7, 11) is -0.402. The fourth-order valence-electron chi connectivity index (χ4n) is 3.62. The summed E-state index contributed by atoms with van der Waals surface area (Å²) in [6.45, 7) is 4.14. The Morgan fingerprint density at radius 2 is 1.62 bits per heavy atom. The Bertz CT molecular complexity index is 1050. The minimum Gasteiger partial charge on any atom is -0.497 e. The maximum atomic E-state index is 13.1. The maximum absolute atomic E-state index is 13.1. The van der Waals surface area contributed by atoms with E-state index in [0.29, 0.717) is 17.9 Å². The first-order chi connectivity index (χ1) is 16.1. The molecule has 1 N–H and O–H groups in total. The lowest BCUT2D eigenvalue weighted by molar-refractivity contribution is -0.140. The summed E-state index contributed by atoms with van der Waals surface area (Å²) in [5.41, 5.74) is 2.55. The summed E-state index contributed by atoms with van der Waals surface area (Å²) in [4.78, 5) is 26.9. The van der Waals surface area contributed by atoms with Gasteiger partial charge in [-0.15, -0.1) is 0 Å². The number of amides is 2.